The summed E-state index contributed by atoms with van der Waals surface area (Å²) in [5.41, 5.74) is 4.55. The van der Waals surface area contributed by atoms with E-state index in [9.17, 15) is 9.59 Å². The summed E-state index contributed by atoms with van der Waals surface area (Å²) in [4.78, 5) is 24.2. The van der Waals surface area contributed by atoms with Crippen molar-refractivity contribution >= 4 is 46.9 Å². The summed E-state index contributed by atoms with van der Waals surface area (Å²) in [6.45, 7) is 2.77. The molecule has 0 atom stereocenters. The molecule has 0 unspecified atom stereocenters. The number of anilines is 1. The maximum absolute atomic E-state index is 12.1. The molecule has 0 saturated heterocycles. The minimum atomic E-state index is -0.397. The predicted octanol–water partition coefficient (Wildman–Crippen LogP) is 5.84. The lowest BCUT2D eigenvalue weighted by Crippen LogP contribution is -2.20. The number of hydrazone groups is 1. The molecule has 3 rings (SSSR count). The molecule has 0 fully saturated rings. The van der Waals surface area contributed by atoms with Gasteiger partial charge in [0.15, 0.2) is 0 Å². The highest BCUT2D eigenvalue weighted by atomic mass is 35.5. The quantitative estimate of drug-likeness (QED) is 0.249. The van der Waals surface area contributed by atoms with Crippen molar-refractivity contribution in [1.82, 2.24) is 5.43 Å². The number of amides is 2. The lowest BCUT2D eigenvalue weighted by Gasteiger charge is -2.10. The topological polar surface area (TPSA) is 89.0 Å². The van der Waals surface area contributed by atoms with Crippen LogP contribution in [-0.4, -0.2) is 24.6 Å². The van der Waals surface area contributed by atoms with Crippen molar-refractivity contribution in [1.29, 1.82) is 0 Å². The number of hydrogen-bond donors (Lipinski definition) is 2. The van der Waals surface area contributed by atoms with Crippen molar-refractivity contribution in [2.24, 2.45) is 5.10 Å². The average molecular weight is 514 g/mol. The maximum Gasteiger partial charge on any atom is 0.240 e. The zero-order valence-electron chi connectivity index (χ0n) is 19.1. The van der Waals surface area contributed by atoms with Gasteiger partial charge in [0.2, 0.25) is 11.8 Å². The van der Waals surface area contributed by atoms with Crippen molar-refractivity contribution in [3.63, 3.8) is 0 Å². The van der Waals surface area contributed by atoms with E-state index in [1.54, 1.807) is 48.5 Å². The molecule has 3 aromatic rings. The molecule has 0 aliphatic rings. The second-order valence-corrected chi connectivity index (χ2v) is 8.27. The molecular formula is C26H25Cl2N3O4. The summed E-state index contributed by atoms with van der Waals surface area (Å²) < 4.78 is 11.2. The van der Waals surface area contributed by atoms with E-state index >= 15 is 0 Å². The van der Waals surface area contributed by atoms with Gasteiger partial charge in [-0.2, -0.15) is 5.10 Å². The van der Waals surface area contributed by atoms with Gasteiger partial charge < -0.3 is 14.8 Å². The molecule has 0 saturated carbocycles. The van der Waals surface area contributed by atoms with Gasteiger partial charge in [0, 0.05) is 34.1 Å². The molecule has 0 bridgehead atoms. The minimum absolute atomic E-state index is 0.0136. The summed E-state index contributed by atoms with van der Waals surface area (Å²) in [5, 5.41) is 7.84. The smallest absolute Gasteiger partial charge is 0.240 e. The first-order chi connectivity index (χ1) is 16.9. The number of rotatable bonds is 11. The summed E-state index contributed by atoms with van der Waals surface area (Å²) in [5.74, 6) is 0.592. The lowest BCUT2D eigenvalue weighted by atomic mass is 10.2. The second kappa shape index (κ2) is 13.4. The van der Waals surface area contributed by atoms with Gasteiger partial charge in [0.25, 0.3) is 0 Å². The van der Waals surface area contributed by atoms with Crippen molar-refractivity contribution < 1.29 is 19.1 Å². The van der Waals surface area contributed by atoms with Gasteiger partial charge >= 0.3 is 0 Å². The molecule has 35 heavy (non-hydrogen) atoms. The van der Waals surface area contributed by atoms with Gasteiger partial charge in [-0.15, -0.1) is 0 Å². The average Bonchev–Trinajstić information content (AvgIpc) is 2.84. The first-order valence-electron chi connectivity index (χ1n) is 10.9. The number of carbonyl (C=O) groups is 2. The SMILES string of the molecule is CCOc1ccc(NC(=O)CCC(=O)NN=Cc2cc(Cl)ccc2OCc2cccc(Cl)c2)cc1. The van der Waals surface area contributed by atoms with Crippen molar-refractivity contribution in [2.75, 3.05) is 11.9 Å². The Morgan fingerprint density at radius 1 is 0.914 bits per heavy atom. The van der Waals surface area contributed by atoms with Crippen LogP contribution in [0.1, 0.15) is 30.9 Å². The van der Waals surface area contributed by atoms with Crippen LogP contribution in [-0.2, 0) is 16.2 Å². The Balaban J connectivity index is 1.48. The van der Waals surface area contributed by atoms with Crippen molar-refractivity contribution in [2.45, 2.75) is 26.4 Å². The van der Waals surface area contributed by atoms with Crippen LogP contribution in [0.3, 0.4) is 0 Å². The highest BCUT2D eigenvalue weighted by Gasteiger charge is 2.08. The first-order valence-corrected chi connectivity index (χ1v) is 11.7. The number of hydrogen-bond acceptors (Lipinski definition) is 5. The summed E-state index contributed by atoms with van der Waals surface area (Å²) in [6.07, 6.45) is 1.44. The van der Waals surface area contributed by atoms with Gasteiger partial charge in [-0.3, -0.25) is 9.59 Å². The molecule has 0 spiro atoms. The fraction of sp³-hybridized carbons (Fsp3) is 0.192. The molecule has 0 aliphatic carbocycles. The molecule has 0 aliphatic heterocycles. The van der Waals surface area contributed by atoms with Crippen LogP contribution in [0.15, 0.2) is 71.8 Å². The molecular weight excluding hydrogens is 489 g/mol. The Hall–Kier alpha value is -3.55. The van der Waals surface area contributed by atoms with Gasteiger partial charge in [-0.05, 0) is 67.1 Å². The van der Waals surface area contributed by atoms with Crippen LogP contribution < -0.4 is 20.2 Å². The van der Waals surface area contributed by atoms with Gasteiger partial charge in [0.05, 0.1) is 12.8 Å². The lowest BCUT2D eigenvalue weighted by molar-refractivity contribution is -0.124. The van der Waals surface area contributed by atoms with Crippen LogP contribution in [0.25, 0.3) is 0 Å². The van der Waals surface area contributed by atoms with Gasteiger partial charge in [0.1, 0.15) is 18.1 Å². The highest BCUT2D eigenvalue weighted by Crippen LogP contribution is 2.23. The highest BCUT2D eigenvalue weighted by molar-refractivity contribution is 6.31. The van der Waals surface area contributed by atoms with Crippen LogP contribution in [0.5, 0.6) is 11.5 Å². The van der Waals surface area contributed by atoms with Crippen LogP contribution in [0.4, 0.5) is 5.69 Å². The fourth-order valence-corrected chi connectivity index (χ4v) is 3.41. The van der Waals surface area contributed by atoms with Gasteiger partial charge in [-0.25, -0.2) is 5.43 Å². The van der Waals surface area contributed by atoms with E-state index < -0.39 is 5.91 Å². The zero-order chi connectivity index (χ0) is 25.0. The third kappa shape index (κ3) is 8.96. The molecule has 7 nitrogen and oxygen atoms in total. The zero-order valence-corrected chi connectivity index (χ0v) is 20.6. The Labute approximate surface area is 214 Å². The monoisotopic (exact) mass is 513 g/mol. The number of halogens is 2. The molecule has 0 radical (unpaired) electrons. The molecule has 182 valence electrons. The second-order valence-electron chi connectivity index (χ2n) is 7.40. The Morgan fingerprint density at radius 3 is 2.40 bits per heavy atom. The van der Waals surface area contributed by atoms with Crippen LogP contribution >= 0.6 is 23.2 Å². The Morgan fingerprint density at radius 2 is 1.66 bits per heavy atom. The van der Waals surface area contributed by atoms with E-state index in [0.29, 0.717) is 40.3 Å². The first kappa shape index (κ1) is 26.1. The molecule has 2 amide bonds. The largest absolute Gasteiger partial charge is 0.494 e. The number of nitrogens with zero attached hydrogens (tertiary/aromatic N) is 1. The van der Waals surface area contributed by atoms with E-state index in [2.05, 4.69) is 15.8 Å². The Kier molecular flexibility index (Phi) is 9.95. The standard InChI is InChI=1S/C26H25Cl2N3O4/c1-2-34-23-9-7-22(8-10-23)30-25(32)12-13-26(33)31-29-16-19-15-21(28)6-11-24(19)35-17-18-4-3-5-20(27)14-18/h3-11,14-16H,2,12-13,17H2,1H3,(H,30,32)(H,31,33). The number of carbonyl (C=O) groups excluding carboxylic acids is 2. The van der Waals surface area contributed by atoms with E-state index in [1.807, 2.05) is 25.1 Å². The molecule has 9 heteroatoms. The number of ether oxygens (including phenoxy) is 2. The van der Waals surface area contributed by atoms with Crippen LogP contribution in [0.2, 0.25) is 10.0 Å². The summed E-state index contributed by atoms with van der Waals surface area (Å²) >= 11 is 12.1. The van der Waals surface area contributed by atoms with Crippen LogP contribution in [0, 0.1) is 0 Å². The number of benzene rings is 3. The van der Waals surface area contributed by atoms with E-state index in [4.69, 9.17) is 32.7 Å². The van der Waals surface area contributed by atoms with E-state index in [0.717, 1.165) is 11.3 Å². The normalized spacial score (nSPS) is 10.7. The molecule has 0 heterocycles. The minimum Gasteiger partial charge on any atom is -0.494 e. The van der Waals surface area contributed by atoms with Gasteiger partial charge in [-0.1, -0.05) is 35.3 Å². The molecule has 3 aromatic carbocycles. The Bertz CT molecular complexity index is 1180. The third-order valence-corrected chi connectivity index (χ3v) is 5.15. The maximum atomic E-state index is 12.1. The summed E-state index contributed by atoms with van der Waals surface area (Å²) in [7, 11) is 0. The number of nitrogens with one attached hydrogen (secondary N) is 2. The summed E-state index contributed by atoms with van der Waals surface area (Å²) in [6, 6.07) is 19.5. The van der Waals surface area contributed by atoms with Crippen molar-refractivity contribution in [3.05, 3.63) is 87.9 Å². The van der Waals surface area contributed by atoms with E-state index in [-0.39, 0.29) is 18.7 Å². The predicted molar refractivity (Wildman–Crippen MR) is 138 cm³/mol. The fourth-order valence-electron chi connectivity index (χ4n) is 3.02. The van der Waals surface area contributed by atoms with E-state index in [1.165, 1.54) is 6.21 Å². The van der Waals surface area contributed by atoms with Crippen molar-refractivity contribution in [3.8, 4) is 11.5 Å². The molecule has 0 aromatic heterocycles. The third-order valence-electron chi connectivity index (χ3n) is 4.68. The molecule has 2 N–H and O–H groups in total.